The Balaban J connectivity index is 2.15. The molecule has 1 unspecified atom stereocenters. The van der Waals surface area contributed by atoms with E-state index in [0.29, 0.717) is 11.4 Å². The Morgan fingerprint density at radius 2 is 2.47 bits per heavy atom. The molecule has 0 fully saturated rings. The summed E-state index contributed by atoms with van der Waals surface area (Å²) in [4.78, 5) is 44.1. The second-order valence-corrected chi connectivity index (χ2v) is 3.90. The van der Waals surface area contributed by atoms with Gasteiger partial charge in [-0.2, -0.15) is 4.99 Å². The van der Waals surface area contributed by atoms with Crippen LogP contribution in [0.4, 0.5) is 4.79 Å². The van der Waals surface area contributed by atoms with Crippen LogP contribution in [0.1, 0.15) is 11.4 Å². The van der Waals surface area contributed by atoms with Gasteiger partial charge in [0.1, 0.15) is 12.7 Å². The van der Waals surface area contributed by atoms with E-state index in [9.17, 15) is 14.4 Å². The van der Waals surface area contributed by atoms with Gasteiger partial charge >= 0.3 is 12.0 Å². The van der Waals surface area contributed by atoms with Crippen LogP contribution in [0.2, 0.25) is 0 Å². The summed E-state index contributed by atoms with van der Waals surface area (Å²) in [5.74, 6) is -1.11. The molecule has 9 nitrogen and oxygen atoms in total. The zero-order chi connectivity index (χ0) is 13.8. The van der Waals surface area contributed by atoms with Crippen molar-refractivity contribution in [2.75, 3.05) is 6.67 Å². The smallest absolute Gasteiger partial charge is 0.326 e. The molecule has 0 spiro atoms. The van der Waals surface area contributed by atoms with E-state index in [1.807, 2.05) is 0 Å². The molecule has 0 aliphatic carbocycles. The molecule has 100 valence electrons. The van der Waals surface area contributed by atoms with E-state index in [4.69, 9.17) is 5.11 Å². The van der Waals surface area contributed by atoms with E-state index < -0.39 is 18.0 Å². The Bertz CT molecular complexity index is 548. The standard InChI is InChI=1S/C10H11N5O4/c16-5-11-3-14-10(19)15-2-7-6(12-4-13-7)1-8(15)9(17)18/h4,8H,1-3H2,(H,12,13)(H,14,19)(H,17,18). The molecule has 1 aromatic heterocycles. The van der Waals surface area contributed by atoms with E-state index in [1.54, 1.807) is 0 Å². The molecule has 2 amide bonds. The van der Waals surface area contributed by atoms with E-state index in [2.05, 4.69) is 20.3 Å². The lowest BCUT2D eigenvalue weighted by atomic mass is 10.0. The Labute approximate surface area is 107 Å². The third-order valence-electron chi connectivity index (χ3n) is 2.82. The van der Waals surface area contributed by atoms with Gasteiger partial charge in [-0.25, -0.2) is 19.4 Å². The number of isocyanates is 1. The van der Waals surface area contributed by atoms with Crippen LogP contribution >= 0.6 is 0 Å². The molecule has 0 saturated heterocycles. The predicted molar refractivity (Wildman–Crippen MR) is 60.8 cm³/mol. The maximum atomic E-state index is 11.8. The van der Waals surface area contributed by atoms with Crippen LogP contribution in [0.15, 0.2) is 11.3 Å². The SMILES string of the molecule is O=C=NCNC(=O)N1Cc2[nH]cnc2CC1C(=O)O. The molecular formula is C10H11N5O4. The lowest BCUT2D eigenvalue weighted by Gasteiger charge is -2.31. The summed E-state index contributed by atoms with van der Waals surface area (Å²) < 4.78 is 0. The monoisotopic (exact) mass is 265 g/mol. The second kappa shape index (κ2) is 5.32. The Hall–Kier alpha value is -2.67. The lowest BCUT2D eigenvalue weighted by Crippen LogP contribution is -2.52. The van der Waals surface area contributed by atoms with Gasteiger partial charge in [0.2, 0.25) is 6.08 Å². The van der Waals surface area contributed by atoms with Crippen LogP contribution in [-0.4, -0.2) is 50.8 Å². The van der Waals surface area contributed by atoms with Gasteiger partial charge in [0.15, 0.2) is 0 Å². The average molecular weight is 265 g/mol. The number of carboxylic acid groups (broad SMARTS) is 1. The minimum Gasteiger partial charge on any atom is -0.480 e. The molecule has 1 aliphatic heterocycles. The number of carbonyl (C=O) groups is 2. The quantitative estimate of drug-likeness (QED) is 0.488. The van der Waals surface area contributed by atoms with Crippen molar-refractivity contribution in [3.63, 3.8) is 0 Å². The number of aliphatic imine (C=N–C) groups is 1. The third kappa shape index (κ3) is 2.61. The maximum absolute atomic E-state index is 11.8. The van der Waals surface area contributed by atoms with Crippen LogP contribution in [0.3, 0.4) is 0 Å². The number of urea groups is 1. The molecule has 1 atom stereocenters. The van der Waals surface area contributed by atoms with Crippen molar-refractivity contribution in [3.8, 4) is 0 Å². The largest absolute Gasteiger partial charge is 0.480 e. The van der Waals surface area contributed by atoms with Gasteiger partial charge in [-0.3, -0.25) is 0 Å². The van der Waals surface area contributed by atoms with Crippen molar-refractivity contribution in [1.29, 1.82) is 0 Å². The molecule has 0 aromatic carbocycles. The number of imidazole rings is 1. The molecule has 9 heteroatoms. The number of aromatic amines is 1. The highest BCUT2D eigenvalue weighted by Crippen LogP contribution is 2.20. The number of rotatable bonds is 3. The number of nitrogens with zero attached hydrogens (tertiary/aromatic N) is 3. The van der Waals surface area contributed by atoms with Crippen molar-refractivity contribution in [2.24, 2.45) is 4.99 Å². The van der Waals surface area contributed by atoms with Crippen LogP contribution in [0.5, 0.6) is 0 Å². The zero-order valence-electron chi connectivity index (χ0n) is 9.79. The highest BCUT2D eigenvalue weighted by atomic mass is 16.4. The number of hydrogen-bond acceptors (Lipinski definition) is 5. The number of aliphatic carboxylic acids is 1. The topological polar surface area (TPSA) is 128 Å². The van der Waals surface area contributed by atoms with E-state index in [1.165, 1.54) is 12.4 Å². The highest BCUT2D eigenvalue weighted by Gasteiger charge is 2.35. The zero-order valence-corrected chi connectivity index (χ0v) is 9.79. The Morgan fingerprint density at radius 3 is 3.16 bits per heavy atom. The summed E-state index contributed by atoms with van der Waals surface area (Å²) in [6.45, 7) is -0.121. The highest BCUT2D eigenvalue weighted by molar-refractivity contribution is 5.83. The number of H-pyrrole nitrogens is 1. The molecular weight excluding hydrogens is 254 g/mol. The van der Waals surface area contributed by atoms with Crippen LogP contribution < -0.4 is 5.32 Å². The van der Waals surface area contributed by atoms with Crippen LogP contribution in [0.25, 0.3) is 0 Å². The van der Waals surface area contributed by atoms with E-state index in [-0.39, 0.29) is 19.6 Å². The first kappa shape index (κ1) is 12.8. The third-order valence-corrected chi connectivity index (χ3v) is 2.82. The fourth-order valence-corrected chi connectivity index (χ4v) is 1.91. The molecule has 2 heterocycles. The van der Waals surface area contributed by atoms with E-state index >= 15 is 0 Å². The first-order valence-corrected chi connectivity index (χ1v) is 5.45. The van der Waals surface area contributed by atoms with Crippen LogP contribution in [0, 0.1) is 0 Å². The van der Waals surface area contributed by atoms with Gasteiger partial charge < -0.3 is 20.3 Å². The molecule has 0 bridgehead atoms. The number of nitrogens with one attached hydrogen (secondary N) is 2. The number of carboxylic acids is 1. The number of carbonyl (C=O) groups excluding carboxylic acids is 2. The number of aromatic nitrogens is 2. The van der Waals surface area contributed by atoms with Crippen molar-refractivity contribution >= 4 is 18.1 Å². The summed E-state index contributed by atoms with van der Waals surface area (Å²) in [6, 6.07) is -1.59. The molecule has 3 N–H and O–H groups in total. The van der Waals surface area contributed by atoms with Gasteiger partial charge in [-0.1, -0.05) is 0 Å². The lowest BCUT2D eigenvalue weighted by molar-refractivity contribution is -0.142. The fraction of sp³-hybridized carbons (Fsp3) is 0.400. The van der Waals surface area contributed by atoms with Gasteiger partial charge in [0.25, 0.3) is 0 Å². The first-order valence-electron chi connectivity index (χ1n) is 5.45. The van der Waals surface area contributed by atoms with Gasteiger partial charge in [-0.05, 0) is 0 Å². The van der Waals surface area contributed by atoms with Crippen molar-refractivity contribution in [2.45, 2.75) is 19.0 Å². The molecule has 0 saturated carbocycles. The fourth-order valence-electron chi connectivity index (χ4n) is 1.91. The molecule has 2 rings (SSSR count). The number of amides is 2. The normalized spacial score (nSPS) is 17.3. The molecule has 1 aliphatic rings. The van der Waals surface area contributed by atoms with Crippen molar-refractivity contribution in [3.05, 3.63) is 17.7 Å². The van der Waals surface area contributed by atoms with Crippen molar-refractivity contribution < 1.29 is 19.5 Å². The van der Waals surface area contributed by atoms with Gasteiger partial charge in [-0.15, -0.1) is 0 Å². The molecule has 0 radical (unpaired) electrons. The minimum absolute atomic E-state index is 0.114. The van der Waals surface area contributed by atoms with Crippen LogP contribution in [-0.2, 0) is 22.6 Å². The number of fused-ring (bicyclic) bond motifs is 1. The van der Waals surface area contributed by atoms with Gasteiger partial charge in [0.05, 0.1) is 24.3 Å². The molecule has 19 heavy (non-hydrogen) atoms. The molecule has 1 aromatic rings. The summed E-state index contributed by atoms with van der Waals surface area (Å²) in [6.07, 6.45) is 2.88. The summed E-state index contributed by atoms with van der Waals surface area (Å²) >= 11 is 0. The van der Waals surface area contributed by atoms with Gasteiger partial charge in [0, 0.05) is 6.42 Å². The van der Waals surface area contributed by atoms with E-state index in [0.717, 1.165) is 4.90 Å². The summed E-state index contributed by atoms with van der Waals surface area (Å²) in [5, 5.41) is 11.5. The second-order valence-electron chi connectivity index (χ2n) is 3.90. The minimum atomic E-state index is -1.11. The van der Waals surface area contributed by atoms with Crippen molar-refractivity contribution in [1.82, 2.24) is 20.2 Å². The Morgan fingerprint density at radius 1 is 1.68 bits per heavy atom. The summed E-state index contributed by atoms with van der Waals surface area (Å²) in [5.41, 5.74) is 1.34. The predicted octanol–water partition coefficient (Wildman–Crippen LogP) is -0.776. The summed E-state index contributed by atoms with van der Waals surface area (Å²) in [7, 11) is 0. The maximum Gasteiger partial charge on any atom is 0.326 e. The Kier molecular flexibility index (Phi) is 3.58. The number of hydrogen-bond donors (Lipinski definition) is 3. The average Bonchev–Trinajstić information content (AvgIpc) is 2.84. The first-order chi connectivity index (χ1) is 9.13.